The molecule has 0 aliphatic rings. The SMILES string of the molecule is CC(Cc1ccc(Cl)cc1)(NCC(F)(F)F)C(N)=O. The van der Waals surface area contributed by atoms with E-state index < -0.39 is 24.2 Å². The summed E-state index contributed by atoms with van der Waals surface area (Å²) in [6.07, 6.45) is -4.35. The van der Waals surface area contributed by atoms with E-state index in [2.05, 4.69) is 5.32 Å². The van der Waals surface area contributed by atoms with Crippen LogP contribution in [0.2, 0.25) is 5.02 Å². The Morgan fingerprint density at radius 1 is 1.32 bits per heavy atom. The van der Waals surface area contributed by atoms with Gasteiger partial charge in [-0.25, -0.2) is 0 Å². The standard InChI is InChI=1S/C12H14ClF3N2O/c1-11(10(17)19,18-7-12(14,15)16)6-8-2-4-9(13)5-3-8/h2-5,18H,6-7H2,1H3,(H2,17,19). The number of carbonyl (C=O) groups is 1. The summed E-state index contributed by atoms with van der Waals surface area (Å²) >= 11 is 5.71. The molecular weight excluding hydrogens is 281 g/mol. The molecule has 19 heavy (non-hydrogen) atoms. The van der Waals surface area contributed by atoms with Gasteiger partial charge in [-0.05, 0) is 31.0 Å². The monoisotopic (exact) mass is 294 g/mol. The van der Waals surface area contributed by atoms with E-state index in [-0.39, 0.29) is 6.42 Å². The molecule has 0 aliphatic heterocycles. The van der Waals surface area contributed by atoms with E-state index >= 15 is 0 Å². The van der Waals surface area contributed by atoms with Crippen molar-refractivity contribution >= 4 is 17.5 Å². The number of halogens is 4. The fourth-order valence-corrected chi connectivity index (χ4v) is 1.67. The van der Waals surface area contributed by atoms with Crippen LogP contribution in [0.1, 0.15) is 12.5 Å². The minimum atomic E-state index is -4.41. The second-order valence-corrected chi connectivity index (χ2v) is 4.90. The zero-order valence-electron chi connectivity index (χ0n) is 10.2. The molecule has 0 aliphatic carbocycles. The van der Waals surface area contributed by atoms with Crippen molar-refractivity contribution < 1.29 is 18.0 Å². The van der Waals surface area contributed by atoms with E-state index in [1.165, 1.54) is 6.92 Å². The normalized spacial score (nSPS) is 15.0. The lowest BCUT2D eigenvalue weighted by molar-refractivity contribution is -0.135. The highest BCUT2D eigenvalue weighted by molar-refractivity contribution is 6.30. The molecule has 1 unspecified atom stereocenters. The molecule has 106 valence electrons. The maximum absolute atomic E-state index is 12.2. The number of alkyl halides is 3. The lowest BCUT2D eigenvalue weighted by Crippen LogP contribution is -2.56. The fourth-order valence-electron chi connectivity index (χ4n) is 1.54. The van der Waals surface area contributed by atoms with E-state index in [9.17, 15) is 18.0 Å². The van der Waals surface area contributed by atoms with Gasteiger partial charge in [0.1, 0.15) is 0 Å². The Hall–Kier alpha value is -1.27. The van der Waals surface area contributed by atoms with Crippen LogP contribution in [0, 0.1) is 0 Å². The first-order valence-corrected chi connectivity index (χ1v) is 5.86. The minimum Gasteiger partial charge on any atom is -0.368 e. The van der Waals surface area contributed by atoms with Gasteiger partial charge in [-0.3, -0.25) is 10.1 Å². The van der Waals surface area contributed by atoms with E-state index in [0.29, 0.717) is 10.6 Å². The number of nitrogens with one attached hydrogen (secondary N) is 1. The number of amides is 1. The van der Waals surface area contributed by atoms with Crippen LogP contribution >= 0.6 is 11.6 Å². The van der Waals surface area contributed by atoms with E-state index in [1.807, 2.05) is 0 Å². The molecule has 1 aromatic rings. The van der Waals surface area contributed by atoms with Crippen LogP contribution in [0.15, 0.2) is 24.3 Å². The third-order valence-electron chi connectivity index (χ3n) is 2.69. The average molecular weight is 295 g/mol. The van der Waals surface area contributed by atoms with Crippen molar-refractivity contribution in [3.05, 3.63) is 34.9 Å². The first kappa shape index (κ1) is 15.8. The van der Waals surface area contributed by atoms with Gasteiger partial charge >= 0.3 is 6.18 Å². The molecule has 0 saturated carbocycles. The first-order chi connectivity index (χ1) is 8.62. The predicted octanol–water partition coefficient (Wildman–Crippen LogP) is 2.28. The number of rotatable bonds is 5. The molecule has 1 rings (SSSR count). The number of hydrogen-bond donors (Lipinski definition) is 2. The number of carbonyl (C=O) groups excluding carboxylic acids is 1. The summed E-state index contributed by atoms with van der Waals surface area (Å²) in [4.78, 5) is 11.4. The molecule has 1 amide bonds. The molecule has 0 radical (unpaired) electrons. The van der Waals surface area contributed by atoms with Crippen molar-refractivity contribution in [2.75, 3.05) is 6.54 Å². The van der Waals surface area contributed by atoms with Gasteiger partial charge in [-0.15, -0.1) is 0 Å². The van der Waals surface area contributed by atoms with Crippen LogP contribution in [-0.2, 0) is 11.2 Å². The highest BCUT2D eigenvalue weighted by atomic mass is 35.5. The Morgan fingerprint density at radius 3 is 2.26 bits per heavy atom. The van der Waals surface area contributed by atoms with Crippen LogP contribution in [0.5, 0.6) is 0 Å². The summed E-state index contributed by atoms with van der Waals surface area (Å²) in [6.45, 7) is 0.0652. The Bertz CT molecular complexity index is 447. The van der Waals surface area contributed by atoms with Crippen molar-refractivity contribution in [2.24, 2.45) is 5.73 Å². The Morgan fingerprint density at radius 2 is 1.84 bits per heavy atom. The predicted molar refractivity (Wildman–Crippen MR) is 66.8 cm³/mol. The van der Waals surface area contributed by atoms with E-state index in [1.54, 1.807) is 24.3 Å². The highest BCUT2D eigenvalue weighted by Gasteiger charge is 2.36. The molecule has 0 bridgehead atoms. The minimum absolute atomic E-state index is 0.0512. The summed E-state index contributed by atoms with van der Waals surface area (Å²) in [7, 11) is 0. The molecule has 0 saturated heterocycles. The zero-order valence-corrected chi connectivity index (χ0v) is 11.0. The molecule has 3 N–H and O–H groups in total. The van der Waals surface area contributed by atoms with Crippen molar-refractivity contribution in [3.63, 3.8) is 0 Å². The Balaban J connectivity index is 2.82. The van der Waals surface area contributed by atoms with Gasteiger partial charge in [-0.1, -0.05) is 23.7 Å². The second kappa shape index (κ2) is 5.79. The smallest absolute Gasteiger partial charge is 0.368 e. The van der Waals surface area contributed by atoms with Gasteiger partial charge in [0, 0.05) is 5.02 Å². The highest BCUT2D eigenvalue weighted by Crippen LogP contribution is 2.19. The number of nitrogens with two attached hydrogens (primary N) is 1. The summed E-state index contributed by atoms with van der Waals surface area (Å²) in [5.74, 6) is -0.841. The van der Waals surface area contributed by atoms with Gasteiger partial charge in [0.25, 0.3) is 0 Å². The Kier molecular flexibility index (Phi) is 4.81. The summed E-state index contributed by atoms with van der Waals surface area (Å²) in [6, 6.07) is 6.47. The van der Waals surface area contributed by atoms with Gasteiger partial charge in [0.05, 0.1) is 12.1 Å². The molecule has 1 atom stereocenters. The maximum Gasteiger partial charge on any atom is 0.401 e. The van der Waals surface area contributed by atoms with Crippen molar-refractivity contribution in [2.45, 2.75) is 25.1 Å². The first-order valence-electron chi connectivity index (χ1n) is 5.48. The molecule has 1 aromatic carbocycles. The zero-order chi connectivity index (χ0) is 14.7. The number of benzene rings is 1. The second-order valence-electron chi connectivity index (χ2n) is 4.47. The van der Waals surface area contributed by atoms with Crippen LogP contribution in [-0.4, -0.2) is 24.2 Å². The lowest BCUT2D eigenvalue weighted by Gasteiger charge is -2.28. The summed E-state index contributed by atoms with van der Waals surface area (Å²) in [5, 5.41) is 2.67. The summed E-state index contributed by atoms with van der Waals surface area (Å²) in [5.41, 5.74) is 4.38. The molecule has 3 nitrogen and oxygen atoms in total. The maximum atomic E-state index is 12.2. The van der Waals surface area contributed by atoms with Crippen molar-refractivity contribution in [1.82, 2.24) is 5.32 Å². The molecule has 0 spiro atoms. The van der Waals surface area contributed by atoms with Gasteiger partial charge < -0.3 is 5.73 Å². The van der Waals surface area contributed by atoms with Gasteiger partial charge in [-0.2, -0.15) is 13.2 Å². The van der Waals surface area contributed by atoms with Gasteiger partial charge in [0.15, 0.2) is 0 Å². The molecule has 7 heteroatoms. The topological polar surface area (TPSA) is 55.1 Å². The van der Waals surface area contributed by atoms with Crippen LogP contribution < -0.4 is 11.1 Å². The fraction of sp³-hybridized carbons (Fsp3) is 0.417. The summed E-state index contributed by atoms with van der Waals surface area (Å²) < 4.78 is 36.6. The van der Waals surface area contributed by atoms with E-state index in [0.717, 1.165) is 0 Å². The lowest BCUT2D eigenvalue weighted by atomic mass is 9.92. The molecule has 0 aromatic heterocycles. The number of primary amides is 1. The molecule has 0 fully saturated rings. The third-order valence-corrected chi connectivity index (χ3v) is 2.95. The van der Waals surface area contributed by atoms with Crippen molar-refractivity contribution in [3.8, 4) is 0 Å². The van der Waals surface area contributed by atoms with Crippen LogP contribution in [0.3, 0.4) is 0 Å². The average Bonchev–Trinajstić information content (AvgIpc) is 2.29. The molecule has 0 heterocycles. The van der Waals surface area contributed by atoms with Crippen LogP contribution in [0.25, 0.3) is 0 Å². The number of hydrogen-bond acceptors (Lipinski definition) is 2. The van der Waals surface area contributed by atoms with Crippen LogP contribution in [0.4, 0.5) is 13.2 Å². The Labute approximate surface area is 113 Å². The van der Waals surface area contributed by atoms with Crippen molar-refractivity contribution in [1.29, 1.82) is 0 Å². The van der Waals surface area contributed by atoms with E-state index in [4.69, 9.17) is 17.3 Å². The van der Waals surface area contributed by atoms with Gasteiger partial charge in [0.2, 0.25) is 5.91 Å². The largest absolute Gasteiger partial charge is 0.401 e. The quantitative estimate of drug-likeness (QED) is 0.875. The third kappa shape index (κ3) is 5.08. The molecular formula is C12H14ClF3N2O.